The van der Waals surface area contributed by atoms with Crippen molar-refractivity contribution in [3.05, 3.63) is 0 Å². The van der Waals surface area contributed by atoms with Crippen molar-refractivity contribution in [3.63, 3.8) is 0 Å². The van der Waals surface area contributed by atoms with Gasteiger partial charge in [0.25, 0.3) is 0 Å². The molecule has 0 aromatic carbocycles. The smallest absolute Gasteiger partial charge is 0.309 e. The van der Waals surface area contributed by atoms with Gasteiger partial charge in [-0.15, -0.1) is 0 Å². The Kier molecular flexibility index (Phi) is 3.73. The molecule has 0 aromatic rings. The summed E-state index contributed by atoms with van der Waals surface area (Å²) in [5.41, 5.74) is 0.111. The molecule has 0 spiro atoms. The number of carbonyl (C=O) groups excluding carboxylic acids is 1. The summed E-state index contributed by atoms with van der Waals surface area (Å²) in [4.78, 5) is 11.3. The third kappa shape index (κ3) is 2.82. The van der Waals surface area contributed by atoms with Gasteiger partial charge in [0, 0.05) is 18.7 Å². The van der Waals surface area contributed by atoms with Crippen molar-refractivity contribution in [2.24, 2.45) is 5.92 Å². The van der Waals surface area contributed by atoms with Crippen molar-refractivity contribution in [2.75, 3.05) is 33.5 Å². The van der Waals surface area contributed by atoms with Gasteiger partial charge in [0.15, 0.2) is 0 Å². The van der Waals surface area contributed by atoms with Crippen LogP contribution in [0.1, 0.15) is 6.42 Å². The molecule has 0 radical (unpaired) electrons. The zero-order valence-electron chi connectivity index (χ0n) is 8.95. The first-order chi connectivity index (χ1) is 6.45. The fraction of sp³-hybridized carbons (Fsp3) is 0.889. The predicted octanol–water partition coefficient (Wildman–Crippen LogP) is 0.760. The van der Waals surface area contributed by atoms with Gasteiger partial charge in [-0.1, -0.05) is 0 Å². The van der Waals surface area contributed by atoms with Gasteiger partial charge >= 0.3 is 5.97 Å². The van der Waals surface area contributed by atoms with E-state index < -0.39 is 7.14 Å². The Hall–Kier alpha value is -0.340. The number of rotatable bonds is 2. The number of methoxy groups -OCH3 is 1. The van der Waals surface area contributed by atoms with Crippen LogP contribution in [0.5, 0.6) is 0 Å². The minimum atomic E-state index is -2.10. The summed E-state index contributed by atoms with van der Waals surface area (Å²) in [6.07, 6.45) is 0.684. The lowest BCUT2D eigenvalue weighted by Crippen LogP contribution is -2.42. The van der Waals surface area contributed by atoms with Gasteiger partial charge in [0.2, 0.25) is 0 Å². The van der Waals surface area contributed by atoms with E-state index in [-0.39, 0.29) is 17.5 Å². The van der Waals surface area contributed by atoms with Crippen molar-refractivity contribution in [1.82, 2.24) is 5.32 Å². The highest BCUT2D eigenvalue weighted by Crippen LogP contribution is 2.45. The highest BCUT2D eigenvalue weighted by atomic mass is 31.2. The van der Waals surface area contributed by atoms with Crippen LogP contribution in [0.25, 0.3) is 0 Å². The quantitative estimate of drug-likeness (QED) is 0.550. The molecule has 4 nitrogen and oxygen atoms in total. The first-order valence-corrected chi connectivity index (χ1v) is 7.45. The molecule has 2 atom stereocenters. The van der Waals surface area contributed by atoms with Crippen LogP contribution in [0.3, 0.4) is 0 Å². The molecule has 2 unspecified atom stereocenters. The number of ether oxygens (including phenoxy) is 1. The Morgan fingerprint density at radius 2 is 2.07 bits per heavy atom. The summed E-state index contributed by atoms with van der Waals surface area (Å²) >= 11 is 0. The van der Waals surface area contributed by atoms with Crippen LogP contribution in [-0.4, -0.2) is 45.2 Å². The minimum Gasteiger partial charge on any atom is -0.469 e. The van der Waals surface area contributed by atoms with Gasteiger partial charge in [-0.3, -0.25) is 4.79 Å². The van der Waals surface area contributed by atoms with Crippen LogP contribution < -0.4 is 5.32 Å². The lowest BCUT2D eigenvalue weighted by Gasteiger charge is -2.30. The van der Waals surface area contributed by atoms with Gasteiger partial charge in [-0.2, -0.15) is 0 Å². The number of piperidine rings is 1. The van der Waals surface area contributed by atoms with E-state index in [9.17, 15) is 9.36 Å². The maximum atomic E-state index is 11.8. The van der Waals surface area contributed by atoms with Crippen LogP contribution in [-0.2, 0) is 14.1 Å². The maximum absolute atomic E-state index is 11.8. The van der Waals surface area contributed by atoms with Gasteiger partial charge in [0.05, 0.1) is 20.2 Å². The van der Waals surface area contributed by atoms with Crippen molar-refractivity contribution >= 4 is 13.1 Å². The fourth-order valence-corrected chi connectivity index (χ4v) is 3.07. The molecule has 0 amide bonds. The molecule has 0 aromatic heterocycles. The summed E-state index contributed by atoms with van der Waals surface area (Å²) in [6, 6.07) is 0. The molecule has 0 bridgehead atoms. The average molecular weight is 219 g/mol. The Bertz CT molecular complexity index is 261. The van der Waals surface area contributed by atoms with Crippen LogP contribution in [0, 0.1) is 5.92 Å². The van der Waals surface area contributed by atoms with E-state index in [1.165, 1.54) is 7.11 Å². The second-order valence-electron chi connectivity index (χ2n) is 4.20. The Morgan fingerprint density at radius 3 is 2.57 bits per heavy atom. The molecule has 1 aliphatic rings. The standard InChI is InChI=1S/C9H18NO3P/c1-13-9(11)7-4-8(6-10-5-7)14(2,3)12/h7-8,10H,4-6H2,1-3H3. The van der Waals surface area contributed by atoms with Crippen molar-refractivity contribution in [3.8, 4) is 0 Å². The second-order valence-corrected chi connectivity index (χ2v) is 7.80. The molecule has 0 aliphatic carbocycles. The Morgan fingerprint density at radius 1 is 1.43 bits per heavy atom. The average Bonchev–Trinajstić information content (AvgIpc) is 2.15. The highest BCUT2D eigenvalue weighted by Gasteiger charge is 2.33. The summed E-state index contributed by atoms with van der Waals surface area (Å²) in [6.45, 7) is 4.94. The highest BCUT2D eigenvalue weighted by molar-refractivity contribution is 7.63. The van der Waals surface area contributed by atoms with Crippen LogP contribution in [0.4, 0.5) is 0 Å². The van der Waals surface area contributed by atoms with Crippen LogP contribution in [0.15, 0.2) is 0 Å². The molecule has 0 saturated carbocycles. The van der Waals surface area contributed by atoms with Gasteiger partial charge in [-0.05, 0) is 19.8 Å². The minimum absolute atomic E-state index is 0.111. The second kappa shape index (κ2) is 4.45. The number of nitrogens with one attached hydrogen (secondary N) is 1. The number of hydrogen-bond acceptors (Lipinski definition) is 4. The Balaban J connectivity index is 2.61. The first kappa shape index (κ1) is 11.7. The largest absolute Gasteiger partial charge is 0.469 e. The normalized spacial score (nSPS) is 28.5. The van der Waals surface area contributed by atoms with Gasteiger partial charge in [-0.25, -0.2) is 0 Å². The zero-order valence-corrected chi connectivity index (χ0v) is 9.84. The molecule has 82 valence electrons. The van der Waals surface area contributed by atoms with Crippen molar-refractivity contribution in [1.29, 1.82) is 0 Å². The van der Waals surface area contributed by atoms with E-state index in [1.54, 1.807) is 13.3 Å². The van der Waals surface area contributed by atoms with Crippen LogP contribution in [0.2, 0.25) is 0 Å². The lowest BCUT2D eigenvalue weighted by atomic mass is 10.00. The molecule has 1 N–H and O–H groups in total. The van der Waals surface area contributed by atoms with Crippen LogP contribution >= 0.6 is 7.14 Å². The summed E-state index contributed by atoms with van der Waals surface area (Å²) in [7, 11) is -0.707. The summed E-state index contributed by atoms with van der Waals surface area (Å²) in [5, 5.41) is 3.13. The fourth-order valence-electron chi connectivity index (χ4n) is 1.74. The molecule has 1 aliphatic heterocycles. The molecule has 1 saturated heterocycles. The number of hydrogen-bond donors (Lipinski definition) is 1. The van der Waals surface area contributed by atoms with E-state index in [1.807, 2.05) is 0 Å². The molecular weight excluding hydrogens is 201 g/mol. The summed E-state index contributed by atoms with van der Waals surface area (Å²) < 4.78 is 16.5. The monoisotopic (exact) mass is 219 g/mol. The Labute approximate surface area is 84.8 Å². The topological polar surface area (TPSA) is 55.4 Å². The first-order valence-electron chi connectivity index (χ1n) is 4.78. The molecule has 1 rings (SSSR count). The van der Waals surface area contributed by atoms with E-state index in [0.29, 0.717) is 13.0 Å². The van der Waals surface area contributed by atoms with E-state index >= 15 is 0 Å². The molecule has 1 heterocycles. The number of esters is 1. The predicted molar refractivity (Wildman–Crippen MR) is 56.2 cm³/mol. The molecule has 5 heteroatoms. The number of carbonyl (C=O) groups is 1. The molecule has 1 fully saturated rings. The van der Waals surface area contributed by atoms with Crippen molar-refractivity contribution in [2.45, 2.75) is 12.1 Å². The zero-order chi connectivity index (χ0) is 10.8. The van der Waals surface area contributed by atoms with Gasteiger partial charge in [0.1, 0.15) is 0 Å². The van der Waals surface area contributed by atoms with E-state index in [2.05, 4.69) is 10.1 Å². The molecular formula is C9H18NO3P. The van der Waals surface area contributed by atoms with E-state index in [0.717, 1.165) is 6.54 Å². The SMILES string of the molecule is COC(=O)C1CNCC(P(C)(C)=O)C1. The summed E-state index contributed by atoms with van der Waals surface area (Å²) in [5.74, 6) is -0.331. The maximum Gasteiger partial charge on any atom is 0.309 e. The van der Waals surface area contributed by atoms with Crippen molar-refractivity contribution < 1.29 is 14.1 Å². The lowest BCUT2D eigenvalue weighted by molar-refractivity contribution is -0.145. The third-order valence-electron chi connectivity index (χ3n) is 2.74. The third-order valence-corrected chi connectivity index (χ3v) is 4.89. The molecule has 14 heavy (non-hydrogen) atoms. The van der Waals surface area contributed by atoms with Gasteiger partial charge < -0.3 is 14.6 Å². The van der Waals surface area contributed by atoms with E-state index in [4.69, 9.17) is 0 Å².